The van der Waals surface area contributed by atoms with Crippen LogP contribution in [-0.4, -0.2) is 43.7 Å². The zero-order valence-corrected chi connectivity index (χ0v) is 9.02. The van der Waals surface area contributed by atoms with Crippen molar-refractivity contribution in [1.29, 1.82) is 0 Å². The molecule has 0 fully saturated rings. The molecule has 0 aromatic rings. The van der Waals surface area contributed by atoms with E-state index in [1.807, 2.05) is 6.92 Å². The van der Waals surface area contributed by atoms with Crippen molar-refractivity contribution in [2.24, 2.45) is 0 Å². The minimum absolute atomic E-state index is 0.0558. The van der Waals surface area contributed by atoms with Gasteiger partial charge in [-0.2, -0.15) is 13.2 Å². The predicted octanol–water partition coefficient (Wildman–Crippen LogP) is 1.40. The van der Waals surface area contributed by atoms with Crippen LogP contribution in [0.25, 0.3) is 0 Å². The minimum Gasteiger partial charge on any atom is -0.332 e. The Hall–Kier alpha value is -0.780. The van der Waals surface area contributed by atoms with Crippen molar-refractivity contribution in [3.05, 3.63) is 0 Å². The lowest BCUT2D eigenvalue weighted by molar-refractivity contribution is -0.160. The number of carbonyl (C=O) groups excluding carboxylic acids is 1. The average molecular weight is 226 g/mol. The second kappa shape index (κ2) is 6.66. The Balaban J connectivity index is 4.23. The summed E-state index contributed by atoms with van der Waals surface area (Å²) in [4.78, 5) is 12.1. The number of halogens is 3. The van der Waals surface area contributed by atoms with Crippen LogP contribution >= 0.6 is 0 Å². The fourth-order valence-electron chi connectivity index (χ4n) is 1.12. The van der Waals surface area contributed by atoms with Gasteiger partial charge in [0.15, 0.2) is 0 Å². The van der Waals surface area contributed by atoms with Crippen molar-refractivity contribution in [2.45, 2.75) is 25.9 Å². The molecule has 0 bridgehead atoms. The molecule has 0 rings (SSSR count). The van der Waals surface area contributed by atoms with Crippen molar-refractivity contribution in [2.75, 3.05) is 26.7 Å². The predicted molar refractivity (Wildman–Crippen MR) is 51.5 cm³/mol. The van der Waals surface area contributed by atoms with Gasteiger partial charge in [0.1, 0.15) is 6.54 Å². The molecule has 0 heterocycles. The van der Waals surface area contributed by atoms with Gasteiger partial charge in [0.2, 0.25) is 5.91 Å². The van der Waals surface area contributed by atoms with Crippen LogP contribution in [0.5, 0.6) is 0 Å². The Bertz CT molecular complexity index is 194. The third-order valence-electron chi connectivity index (χ3n) is 1.83. The third-order valence-corrected chi connectivity index (χ3v) is 1.83. The summed E-state index contributed by atoms with van der Waals surface area (Å²) in [6.45, 7) is 0.818. The van der Waals surface area contributed by atoms with Crippen LogP contribution in [0.1, 0.15) is 19.8 Å². The van der Waals surface area contributed by atoms with E-state index < -0.39 is 18.6 Å². The van der Waals surface area contributed by atoms with E-state index in [1.54, 1.807) is 0 Å². The molecule has 0 unspecified atom stereocenters. The van der Waals surface area contributed by atoms with Gasteiger partial charge in [-0.1, -0.05) is 13.3 Å². The molecule has 1 N–H and O–H groups in total. The molecule has 0 aromatic carbocycles. The van der Waals surface area contributed by atoms with Crippen LogP contribution in [0.2, 0.25) is 0 Å². The van der Waals surface area contributed by atoms with Crippen LogP contribution < -0.4 is 5.32 Å². The van der Waals surface area contributed by atoms with Gasteiger partial charge < -0.3 is 10.2 Å². The van der Waals surface area contributed by atoms with E-state index in [0.717, 1.165) is 11.3 Å². The molecule has 0 spiro atoms. The van der Waals surface area contributed by atoms with Gasteiger partial charge in [0.25, 0.3) is 0 Å². The molecule has 6 heteroatoms. The van der Waals surface area contributed by atoms with Crippen molar-refractivity contribution >= 4 is 5.91 Å². The second-order valence-corrected chi connectivity index (χ2v) is 3.31. The Labute approximate surface area is 87.6 Å². The van der Waals surface area contributed by atoms with Crippen LogP contribution in [-0.2, 0) is 4.79 Å². The molecule has 0 aliphatic carbocycles. The maximum absolute atomic E-state index is 12.1. The quantitative estimate of drug-likeness (QED) is 0.742. The van der Waals surface area contributed by atoms with Crippen LogP contribution in [0.4, 0.5) is 13.2 Å². The van der Waals surface area contributed by atoms with Gasteiger partial charge in [-0.3, -0.25) is 4.79 Å². The summed E-state index contributed by atoms with van der Waals surface area (Å²) in [6.07, 6.45) is -2.97. The second-order valence-electron chi connectivity index (χ2n) is 3.31. The van der Waals surface area contributed by atoms with Gasteiger partial charge in [-0.15, -0.1) is 0 Å². The highest BCUT2D eigenvalue weighted by atomic mass is 19.4. The lowest BCUT2D eigenvalue weighted by Crippen LogP contribution is -2.43. The monoisotopic (exact) mass is 226 g/mol. The standard InChI is InChI=1S/C9H17F3N2O/c1-3-4-5-14(7-9(10,11)12)8(15)6-13-2/h13H,3-7H2,1-2H3. The van der Waals surface area contributed by atoms with E-state index in [-0.39, 0.29) is 13.1 Å². The largest absolute Gasteiger partial charge is 0.406 e. The minimum atomic E-state index is -4.32. The summed E-state index contributed by atoms with van der Waals surface area (Å²) in [5.74, 6) is -0.511. The number of carbonyl (C=O) groups is 1. The smallest absolute Gasteiger partial charge is 0.332 e. The van der Waals surface area contributed by atoms with Gasteiger partial charge in [0, 0.05) is 6.54 Å². The van der Waals surface area contributed by atoms with E-state index in [4.69, 9.17) is 0 Å². The highest BCUT2D eigenvalue weighted by molar-refractivity contribution is 5.78. The molecular weight excluding hydrogens is 209 g/mol. The normalized spacial score (nSPS) is 11.5. The number of rotatable bonds is 6. The molecule has 0 aliphatic rings. The number of unbranched alkanes of at least 4 members (excludes halogenated alkanes) is 1. The first-order valence-electron chi connectivity index (χ1n) is 4.89. The SMILES string of the molecule is CCCCN(CC(F)(F)F)C(=O)CNC. The summed E-state index contributed by atoms with van der Waals surface area (Å²) in [7, 11) is 1.53. The highest BCUT2D eigenvalue weighted by Gasteiger charge is 2.32. The Morgan fingerprint density at radius 1 is 1.40 bits per heavy atom. The van der Waals surface area contributed by atoms with Gasteiger partial charge in [-0.05, 0) is 13.5 Å². The summed E-state index contributed by atoms with van der Waals surface area (Å²) >= 11 is 0. The van der Waals surface area contributed by atoms with Crippen molar-refractivity contribution in [3.63, 3.8) is 0 Å². The summed E-state index contributed by atoms with van der Waals surface area (Å²) in [6, 6.07) is 0. The topological polar surface area (TPSA) is 32.3 Å². The fraction of sp³-hybridized carbons (Fsp3) is 0.889. The van der Waals surface area contributed by atoms with Crippen LogP contribution in [0, 0.1) is 0 Å². The van der Waals surface area contributed by atoms with E-state index in [0.29, 0.717) is 6.42 Å². The maximum atomic E-state index is 12.1. The average Bonchev–Trinajstić information content (AvgIpc) is 2.10. The van der Waals surface area contributed by atoms with Gasteiger partial charge in [0.05, 0.1) is 6.54 Å². The summed E-state index contributed by atoms with van der Waals surface area (Å²) < 4.78 is 36.4. The Morgan fingerprint density at radius 2 is 2.00 bits per heavy atom. The van der Waals surface area contributed by atoms with E-state index in [2.05, 4.69) is 5.32 Å². The lowest BCUT2D eigenvalue weighted by Gasteiger charge is -2.23. The first-order chi connectivity index (χ1) is 6.90. The third kappa shape index (κ3) is 7.18. The first-order valence-corrected chi connectivity index (χ1v) is 4.89. The van der Waals surface area contributed by atoms with Crippen molar-refractivity contribution in [3.8, 4) is 0 Å². The molecule has 3 nitrogen and oxygen atoms in total. The number of likely N-dealkylation sites (N-methyl/N-ethyl adjacent to an activating group) is 1. The zero-order chi connectivity index (χ0) is 11.9. The van der Waals surface area contributed by atoms with E-state index in [1.165, 1.54) is 7.05 Å². The molecule has 0 radical (unpaired) electrons. The van der Waals surface area contributed by atoms with Crippen LogP contribution in [0.15, 0.2) is 0 Å². The van der Waals surface area contributed by atoms with Gasteiger partial charge in [-0.25, -0.2) is 0 Å². The molecule has 0 saturated carbocycles. The molecule has 0 saturated heterocycles. The number of nitrogens with zero attached hydrogens (tertiary/aromatic N) is 1. The number of hydrogen-bond donors (Lipinski definition) is 1. The molecule has 0 aromatic heterocycles. The van der Waals surface area contributed by atoms with Gasteiger partial charge >= 0.3 is 6.18 Å². The lowest BCUT2D eigenvalue weighted by atomic mass is 10.3. The van der Waals surface area contributed by atoms with Crippen molar-refractivity contribution < 1.29 is 18.0 Å². The molecule has 0 atom stereocenters. The van der Waals surface area contributed by atoms with E-state index >= 15 is 0 Å². The fourth-order valence-corrected chi connectivity index (χ4v) is 1.12. The number of alkyl halides is 3. The highest BCUT2D eigenvalue weighted by Crippen LogP contribution is 2.16. The van der Waals surface area contributed by atoms with Crippen LogP contribution in [0.3, 0.4) is 0 Å². The first kappa shape index (κ1) is 14.2. The molecule has 0 aliphatic heterocycles. The maximum Gasteiger partial charge on any atom is 0.406 e. The Morgan fingerprint density at radius 3 is 2.40 bits per heavy atom. The molecule has 90 valence electrons. The number of nitrogens with one attached hydrogen (secondary N) is 1. The Kier molecular flexibility index (Phi) is 6.31. The summed E-state index contributed by atoms with van der Waals surface area (Å²) in [5, 5.41) is 2.55. The number of hydrogen-bond acceptors (Lipinski definition) is 2. The summed E-state index contributed by atoms with van der Waals surface area (Å²) in [5.41, 5.74) is 0. The van der Waals surface area contributed by atoms with Crippen molar-refractivity contribution in [1.82, 2.24) is 10.2 Å². The molecule has 15 heavy (non-hydrogen) atoms. The molecule has 1 amide bonds. The molecular formula is C9H17F3N2O. The van der Waals surface area contributed by atoms with E-state index in [9.17, 15) is 18.0 Å². The zero-order valence-electron chi connectivity index (χ0n) is 9.02. The number of amides is 1.